The molecule has 21 heavy (non-hydrogen) atoms. The molecule has 1 aliphatic rings. The van der Waals surface area contributed by atoms with E-state index in [2.05, 4.69) is 35.5 Å². The van der Waals surface area contributed by atoms with Crippen molar-refractivity contribution >= 4 is 0 Å². The van der Waals surface area contributed by atoms with E-state index in [9.17, 15) is 4.39 Å². The summed E-state index contributed by atoms with van der Waals surface area (Å²) in [7, 11) is 0. The van der Waals surface area contributed by atoms with Crippen molar-refractivity contribution in [2.75, 3.05) is 32.7 Å². The van der Waals surface area contributed by atoms with E-state index in [1.54, 1.807) is 0 Å². The van der Waals surface area contributed by atoms with Crippen LogP contribution in [-0.4, -0.2) is 48.6 Å². The maximum Gasteiger partial charge on any atom is 0.124 e. The van der Waals surface area contributed by atoms with Gasteiger partial charge in [0.05, 0.1) is 6.54 Å². The molecule has 1 unspecified atom stereocenters. The van der Waals surface area contributed by atoms with Gasteiger partial charge >= 0.3 is 0 Å². The number of hydrogen-bond donors (Lipinski definition) is 1. The molecule has 0 radical (unpaired) electrons. The van der Waals surface area contributed by atoms with Crippen molar-refractivity contribution in [1.29, 1.82) is 0 Å². The highest BCUT2D eigenvalue weighted by Gasteiger charge is 2.22. The third-order valence-corrected chi connectivity index (χ3v) is 4.05. The van der Waals surface area contributed by atoms with Gasteiger partial charge in [0, 0.05) is 37.8 Å². The van der Waals surface area contributed by atoms with Gasteiger partial charge in [-0.3, -0.25) is 9.80 Å². The Morgan fingerprint density at radius 1 is 1.38 bits per heavy atom. The van der Waals surface area contributed by atoms with Gasteiger partial charge in [-0.15, -0.1) is 0 Å². The van der Waals surface area contributed by atoms with Crippen molar-refractivity contribution in [3.8, 4) is 11.8 Å². The second kappa shape index (κ2) is 7.56. The van der Waals surface area contributed by atoms with Crippen molar-refractivity contribution in [2.24, 2.45) is 5.73 Å². The molecule has 114 valence electrons. The molecule has 2 N–H and O–H groups in total. The Balaban J connectivity index is 2.09. The Morgan fingerprint density at radius 2 is 2.19 bits per heavy atom. The highest BCUT2D eigenvalue weighted by Crippen LogP contribution is 2.16. The van der Waals surface area contributed by atoms with Crippen LogP contribution in [0.3, 0.4) is 0 Å². The lowest BCUT2D eigenvalue weighted by atomic mass is 10.1. The first-order valence-electron chi connectivity index (χ1n) is 7.57. The number of nitrogens with two attached hydrogens (primary N) is 1. The first kappa shape index (κ1) is 16.0. The summed E-state index contributed by atoms with van der Waals surface area (Å²) in [5.41, 5.74) is 7.25. The average molecular weight is 289 g/mol. The van der Waals surface area contributed by atoms with E-state index < -0.39 is 0 Å². The summed E-state index contributed by atoms with van der Waals surface area (Å²) in [5.74, 6) is 5.56. The Hall–Kier alpha value is -1.41. The van der Waals surface area contributed by atoms with Gasteiger partial charge in [-0.1, -0.05) is 24.8 Å². The van der Waals surface area contributed by atoms with Gasteiger partial charge in [0.15, 0.2) is 0 Å². The lowest BCUT2D eigenvalue weighted by Gasteiger charge is -2.39. The summed E-state index contributed by atoms with van der Waals surface area (Å²) < 4.78 is 13.4. The average Bonchev–Trinajstić information content (AvgIpc) is 2.47. The van der Waals surface area contributed by atoms with E-state index in [1.165, 1.54) is 12.1 Å². The Kier molecular flexibility index (Phi) is 5.75. The van der Waals surface area contributed by atoms with E-state index in [0.717, 1.165) is 43.9 Å². The molecule has 1 heterocycles. The van der Waals surface area contributed by atoms with E-state index in [0.29, 0.717) is 12.6 Å². The van der Waals surface area contributed by atoms with E-state index in [1.807, 2.05) is 6.07 Å². The minimum Gasteiger partial charge on any atom is -0.320 e. The smallest absolute Gasteiger partial charge is 0.124 e. The fourth-order valence-corrected chi connectivity index (χ4v) is 2.87. The minimum absolute atomic E-state index is 0.246. The third kappa shape index (κ3) is 4.28. The van der Waals surface area contributed by atoms with Crippen molar-refractivity contribution in [3.63, 3.8) is 0 Å². The molecule has 1 fully saturated rings. The maximum absolute atomic E-state index is 13.4. The Morgan fingerprint density at radius 3 is 2.86 bits per heavy atom. The number of rotatable bonds is 3. The number of piperazine rings is 1. The highest BCUT2D eigenvalue weighted by atomic mass is 19.1. The number of benzene rings is 1. The molecule has 0 spiro atoms. The van der Waals surface area contributed by atoms with Crippen molar-refractivity contribution in [1.82, 2.24) is 9.80 Å². The number of likely N-dealkylation sites (N-methyl/N-ethyl adjacent to an activating group) is 1. The molecule has 1 saturated heterocycles. The van der Waals surface area contributed by atoms with Crippen molar-refractivity contribution < 1.29 is 4.39 Å². The predicted molar refractivity (Wildman–Crippen MR) is 84.3 cm³/mol. The van der Waals surface area contributed by atoms with Crippen molar-refractivity contribution in [3.05, 3.63) is 35.1 Å². The van der Waals surface area contributed by atoms with Gasteiger partial charge in [-0.25, -0.2) is 4.39 Å². The summed E-state index contributed by atoms with van der Waals surface area (Å²) in [6.45, 7) is 9.83. The summed E-state index contributed by atoms with van der Waals surface area (Å²) in [5, 5.41) is 0. The molecule has 1 aliphatic heterocycles. The van der Waals surface area contributed by atoms with Crippen molar-refractivity contribution in [2.45, 2.75) is 26.4 Å². The fourth-order valence-electron chi connectivity index (χ4n) is 2.87. The summed E-state index contributed by atoms with van der Waals surface area (Å²) >= 11 is 0. The van der Waals surface area contributed by atoms with Crippen LogP contribution in [0.1, 0.15) is 25.0 Å². The molecular weight excluding hydrogens is 265 g/mol. The number of hydrogen-bond acceptors (Lipinski definition) is 3. The Bertz CT molecular complexity index is 533. The normalized spacial score (nSPS) is 20.1. The largest absolute Gasteiger partial charge is 0.320 e. The maximum atomic E-state index is 13.4. The molecule has 1 atom stereocenters. The molecular formula is C17H24FN3. The van der Waals surface area contributed by atoms with Crippen LogP contribution in [0.5, 0.6) is 0 Å². The third-order valence-electron chi connectivity index (χ3n) is 4.05. The van der Waals surface area contributed by atoms with Crippen LogP contribution in [0.25, 0.3) is 0 Å². The van der Waals surface area contributed by atoms with E-state index >= 15 is 0 Å². The fraction of sp³-hybridized carbons (Fsp3) is 0.529. The van der Waals surface area contributed by atoms with Gasteiger partial charge in [-0.2, -0.15) is 0 Å². The van der Waals surface area contributed by atoms with Crippen LogP contribution < -0.4 is 5.73 Å². The van der Waals surface area contributed by atoms with E-state index in [-0.39, 0.29) is 5.82 Å². The summed E-state index contributed by atoms with van der Waals surface area (Å²) in [4.78, 5) is 4.90. The van der Waals surface area contributed by atoms with Gasteiger partial charge in [0.2, 0.25) is 0 Å². The lowest BCUT2D eigenvalue weighted by Crippen LogP contribution is -2.51. The van der Waals surface area contributed by atoms with Gasteiger partial charge in [-0.05, 0) is 31.2 Å². The zero-order chi connectivity index (χ0) is 15.2. The van der Waals surface area contributed by atoms with Crippen LogP contribution >= 0.6 is 0 Å². The molecule has 2 rings (SSSR count). The predicted octanol–water partition coefficient (Wildman–Crippen LogP) is 1.66. The second-order valence-corrected chi connectivity index (χ2v) is 5.52. The number of halogens is 1. The van der Waals surface area contributed by atoms with Crippen LogP contribution in [-0.2, 0) is 6.54 Å². The first-order valence-corrected chi connectivity index (χ1v) is 7.57. The van der Waals surface area contributed by atoms with Crippen LogP contribution in [0.15, 0.2) is 18.2 Å². The molecule has 3 nitrogen and oxygen atoms in total. The van der Waals surface area contributed by atoms with Gasteiger partial charge < -0.3 is 5.73 Å². The SMILES string of the molecule is CCN1CCN(Cc2ccc(F)cc2C#CCN)CC1C. The summed E-state index contributed by atoms with van der Waals surface area (Å²) in [6, 6.07) is 5.41. The number of nitrogens with zero attached hydrogens (tertiary/aromatic N) is 2. The zero-order valence-corrected chi connectivity index (χ0v) is 12.9. The quantitative estimate of drug-likeness (QED) is 0.859. The van der Waals surface area contributed by atoms with Gasteiger partial charge in [0.1, 0.15) is 5.82 Å². The zero-order valence-electron chi connectivity index (χ0n) is 12.9. The van der Waals surface area contributed by atoms with Crippen LogP contribution in [0.2, 0.25) is 0 Å². The first-order chi connectivity index (χ1) is 10.1. The highest BCUT2D eigenvalue weighted by molar-refractivity contribution is 5.42. The monoisotopic (exact) mass is 289 g/mol. The molecule has 1 aromatic carbocycles. The van der Waals surface area contributed by atoms with Gasteiger partial charge in [0.25, 0.3) is 0 Å². The minimum atomic E-state index is -0.246. The molecule has 0 aromatic heterocycles. The molecule has 1 aromatic rings. The standard InChI is InChI=1S/C17H24FN3/c1-3-21-10-9-20(12-14(21)2)13-16-6-7-17(18)11-15(16)5-4-8-19/h6-7,11,14H,3,8-10,12-13,19H2,1-2H3. The van der Waals surface area contributed by atoms with E-state index in [4.69, 9.17) is 5.73 Å². The molecule has 4 heteroatoms. The topological polar surface area (TPSA) is 32.5 Å². The van der Waals surface area contributed by atoms with Crippen LogP contribution in [0.4, 0.5) is 4.39 Å². The second-order valence-electron chi connectivity index (χ2n) is 5.52. The molecule has 0 bridgehead atoms. The molecule has 0 aliphatic carbocycles. The summed E-state index contributed by atoms with van der Waals surface area (Å²) in [6.07, 6.45) is 0. The Labute approximate surface area is 126 Å². The lowest BCUT2D eigenvalue weighted by molar-refractivity contribution is 0.0834. The molecule has 0 amide bonds. The van der Waals surface area contributed by atoms with Crippen LogP contribution in [0, 0.1) is 17.7 Å². The molecule has 0 saturated carbocycles.